The minimum Gasteiger partial charge on any atom is -0.497 e. The summed E-state index contributed by atoms with van der Waals surface area (Å²) in [5.41, 5.74) is 1.67. The van der Waals surface area contributed by atoms with Gasteiger partial charge in [-0.2, -0.15) is 0 Å². The molecule has 7 heteroatoms. The molecule has 1 aromatic heterocycles. The summed E-state index contributed by atoms with van der Waals surface area (Å²) in [5.74, 6) is 0.645. The van der Waals surface area contributed by atoms with Crippen LogP contribution in [0, 0.1) is 0 Å². The number of anilines is 1. The van der Waals surface area contributed by atoms with Crippen LogP contribution in [-0.4, -0.2) is 41.6 Å². The van der Waals surface area contributed by atoms with E-state index in [1.807, 2.05) is 23.1 Å². The van der Waals surface area contributed by atoms with Gasteiger partial charge in [-0.1, -0.05) is 5.16 Å². The number of hydrogen-bond donors (Lipinski definition) is 0. The predicted octanol–water partition coefficient (Wildman–Crippen LogP) is 2.22. The average molecular weight is 341 g/mol. The van der Waals surface area contributed by atoms with Crippen molar-refractivity contribution < 1.29 is 18.8 Å². The molecule has 1 fully saturated rings. The van der Waals surface area contributed by atoms with E-state index in [2.05, 4.69) is 5.16 Å². The summed E-state index contributed by atoms with van der Waals surface area (Å²) in [5, 5.41) is 3.60. The Morgan fingerprint density at radius 2 is 2.16 bits per heavy atom. The summed E-state index contributed by atoms with van der Waals surface area (Å²) in [6.45, 7) is 0.789. The molecule has 1 saturated carbocycles. The Bertz CT molecular complexity index is 799. The van der Waals surface area contributed by atoms with E-state index in [1.165, 1.54) is 12.3 Å². The second-order valence-corrected chi connectivity index (χ2v) is 6.33. The first-order valence-corrected chi connectivity index (χ1v) is 8.36. The first-order chi connectivity index (χ1) is 12.2. The number of ether oxygens (including phenoxy) is 1. The molecule has 0 spiro atoms. The molecule has 2 aromatic rings. The lowest BCUT2D eigenvalue weighted by molar-refractivity contribution is -0.132. The van der Waals surface area contributed by atoms with Gasteiger partial charge in [0.25, 0.3) is 5.91 Å². The third-order valence-electron chi connectivity index (χ3n) is 4.67. The van der Waals surface area contributed by atoms with Gasteiger partial charge in [0.05, 0.1) is 13.3 Å². The van der Waals surface area contributed by atoms with Crippen LogP contribution < -0.4 is 9.64 Å². The smallest absolute Gasteiger partial charge is 0.296 e. The van der Waals surface area contributed by atoms with Gasteiger partial charge < -0.3 is 19.1 Å². The zero-order valence-corrected chi connectivity index (χ0v) is 14.0. The summed E-state index contributed by atoms with van der Waals surface area (Å²) in [7, 11) is 1.60. The summed E-state index contributed by atoms with van der Waals surface area (Å²) in [4.78, 5) is 28.9. The highest BCUT2D eigenvalue weighted by molar-refractivity contribution is 6.05. The summed E-state index contributed by atoms with van der Waals surface area (Å²) in [6.07, 6.45) is 3.82. The zero-order valence-electron chi connectivity index (χ0n) is 14.0. The zero-order chi connectivity index (χ0) is 17.4. The van der Waals surface area contributed by atoms with Crippen molar-refractivity contribution in [3.63, 3.8) is 0 Å². The SMILES string of the molecule is COc1ccc2c(c1)CN(C1CC1)C(=O)CCN2C(=O)c1ccno1. The number of fused-ring (bicyclic) bond motifs is 1. The van der Waals surface area contributed by atoms with Gasteiger partial charge in [0.15, 0.2) is 0 Å². The number of nitrogens with zero attached hydrogens (tertiary/aromatic N) is 3. The van der Waals surface area contributed by atoms with Crippen molar-refractivity contribution in [1.29, 1.82) is 0 Å². The van der Waals surface area contributed by atoms with Gasteiger partial charge in [0.2, 0.25) is 11.7 Å². The normalized spacial score (nSPS) is 17.7. The molecule has 1 aromatic carbocycles. The molecule has 0 radical (unpaired) electrons. The molecule has 0 bridgehead atoms. The van der Waals surface area contributed by atoms with E-state index >= 15 is 0 Å². The first kappa shape index (κ1) is 15.7. The summed E-state index contributed by atoms with van der Waals surface area (Å²) in [6, 6.07) is 7.43. The molecule has 1 aliphatic carbocycles. The maximum Gasteiger partial charge on any atom is 0.296 e. The third-order valence-corrected chi connectivity index (χ3v) is 4.67. The highest BCUT2D eigenvalue weighted by Gasteiger charge is 2.35. The van der Waals surface area contributed by atoms with Crippen molar-refractivity contribution in [2.24, 2.45) is 0 Å². The van der Waals surface area contributed by atoms with E-state index in [0.29, 0.717) is 31.3 Å². The molecule has 0 N–H and O–H groups in total. The minimum absolute atomic E-state index is 0.0753. The monoisotopic (exact) mass is 341 g/mol. The Labute approximate surface area is 145 Å². The maximum absolute atomic E-state index is 12.8. The van der Waals surface area contributed by atoms with Crippen LogP contribution in [0.3, 0.4) is 0 Å². The number of methoxy groups -OCH3 is 1. The van der Waals surface area contributed by atoms with Crippen LogP contribution in [0.25, 0.3) is 0 Å². The first-order valence-electron chi connectivity index (χ1n) is 8.36. The fourth-order valence-corrected chi connectivity index (χ4v) is 3.21. The molecule has 0 unspecified atom stereocenters. The van der Waals surface area contributed by atoms with Gasteiger partial charge >= 0.3 is 0 Å². The van der Waals surface area contributed by atoms with Crippen molar-refractivity contribution in [3.8, 4) is 5.75 Å². The van der Waals surface area contributed by atoms with Gasteiger partial charge in [-0.3, -0.25) is 9.59 Å². The Balaban J connectivity index is 1.75. The highest BCUT2D eigenvalue weighted by atomic mass is 16.5. The summed E-state index contributed by atoms with van der Waals surface area (Å²) >= 11 is 0. The van der Waals surface area contributed by atoms with Gasteiger partial charge in [0.1, 0.15) is 5.75 Å². The van der Waals surface area contributed by atoms with E-state index in [4.69, 9.17) is 9.26 Å². The Morgan fingerprint density at radius 1 is 1.32 bits per heavy atom. The van der Waals surface area contributed by atoms with Gasteiger partial charge in [0, 0.05) is 37.3 Å². The van der Waals surface area contributed by atoms with Gasteiger partial charge in [-0.25, -0.2) is 0 Å². The molecule has 7 nitrogen and oxygen atoms in total. The molecule has 2 aliphatic rings. The van der Waals surface area contributed by atoms with Crippen molar-refractivity contribution in [2.45, 2.75) is 31.8 Å². The second-order valence-electron chi connectivity index (χ2n) is 6.33. The Hall–Kier alpha value is -2.83. The molecule has 1 aliphatic heterocycles. The van der Waals surface area contributed by atoms with E-state index in [0.717, 1.165) is 24.1 Å². The molecule has 0 saturated heterocycles. The van der Waals surface area contributed by atoms with Crippen LogP contribution in [0.15, 0.2) is 35.0 Å². The van der Waals surface area contributed by atoms with E-state index in [-0.39, 0.29) is 17.6 Å². The van der Waals surface area contributed by atoms with Crippen LogP contribution in [-0.2, 0) is 11.3 Å². The maximum atomic E-state index is 12.8. The number of rotatable bonds is 3. The largest absolute Gasteiger partial charge is 0.497 e. The van der Waals surface area contributed by atoms with E-state index in [1.54, 1.807) is 12.0 Å². The number of benzene rings is 1. The minimum atomic E-state index is -0.295. The lowest BCUT2D eigenvalue weighted by Crippen LogP contribution is -2.41. The van der Waals surface area contributed by atoms with Crippen LogP contribution in [0.1, 0.15) is 35.4 Å². The number of aromatic nitrogens is 1. The van der Waals surface area contributed by atoms with E-state index < -0.39 is 0 Å². The lowest BCUT2D eigenvalue weighted by atomic mass is 10.1. The molecule has 4 rings (SSSR count). The van der Waals surface area contributed by atoms with Crippen molar-refractivity contribution in [2.75, 3.05) is 18.6 Å². The van der Waals surface area contributed by atoms with Crippen molar-refractivity contribution >= 4 is 17.5 Å². The van der Waals surface area contributed by atoms with E-state index in [9.17, 15) is 9.59 Å². The van der Waals surface area contributed by atoms with Gasteiger partial charge in [-0.05, 0) is 36.6 Å². The lowest BCUT2D eigenvalue weighted by Gasteiger charge is -2.32. The number of hydrogen-bond acceptors (Lipinski definition) is 5. The summed E-state index contributed by atoms with van der Waals surface area (Å²) < 4.78 is 10.3. The Morgan fingerprint density at radius 3 is 2.84 bits per heavy atom. The van der Waals surface area contributed by atoms with Crippen LogP contribution in [0.5, 0.6) is 5.75 Å². The quantitative estimate of drug-likeness (QED) is 0.856. The van der Waals surface area contributed by atoms with Crippen LogP contribution >= 0.6 is 0 Å². The molecular weight excluding hydrogens is 322 g/mol. The Kier molecular flexibility index (Phi) is 3.91. The standard InChI is InChI=1S/C18H19N3O4/c1-24-14-4-5-15-12(10-14)11-21(13-2-3-13)17(22)7-9-20(15)18(23)16-6-8-19-25-16/h4-6,8,10,13H,2-3,7,9,11H2,1H3. The highest BCUT2D eigenvalue weighted by Crippen LogP contribution is 2.35. The van der Waals surface area contributed by atoms with Crippen molar-refractivity contribution in [1.82, 2.24) is 10.1 Å². The van der Waals surface area contributed by atoms with Crippen molar-refractivity contribution in [3.05, 3.63) is 41.8 Å². The fraction of sp³-hybridized carbons (Fsp3) is 0.389. The number of amides is 2. The topological polar surface area (TPSA) is 75.9 Å². The molecule has 0 atom stereocenters. The fourth-order valence-electron chi connectivity index (χ4n) is 3.21. The molecule has 25 heavy (non-hydrogen) atoms. The molecule has 130 valence electrons. The second kappa shape index (κ2) is 6.23. The van der Waals surface area contributed by atoms with Crippen LogP contribution in [0.2, 0.25) is 0 Å². The predicted molar refractivity (Wildman–Crippen MR) is 89.4 cm³/mol. The number of carbonyl (C=O) groups excluding carboxylic acids is 2. The van der Waals surface area contributed by atoms with Gasteiger partial charge in [-0.15, -0.1) is 0 Å². The molecule has 2 amide bonds. The average Bonchev–Trinajstić information content (AvgIpc) is 3.30. The molecule has 2 heterocycles. The number of carbonyl (C=O) groups is 2. The molecular formula is C18H19N3O4. The van der Waals surface area contributed by atoms with Crippen LogP contribution in [0.4, 0.5) is 5.69 Å². The third kappa shape index (κ3) is 2.97.